The zero-order chi connectivity index (χ0) is 18.4. The first-order chi connectivity index (χ1) is 11.9. The van der Waals surface area contributed by atoms with Crippen LogP contribution in [0.1, 0.15) is 66.3 Å². The normalized spacial score (nSPS) is 14.9. The smallest absolute Gasteiger partial charge is 0.287 e. The molecule has 0 fully saturated rings. The molecule has 7 heteroatoms. The molecule has 0 aromatic carbocycles. The number of hydrogen-bond donors (Lipinski definition) is 2. The lowest BCUT2D eigenvalue weighted by atomic mass is 10.1. The molecule has 2 heterocycles. The van der Waals surface area contributed by atoms with Gasteiger partial charge in [-0.05, 0) is 59.7 Å². The van der Waals surface area contributed by atoms with Gasteiger partial charge in [0.1, 0.15) is 5.69 Å². The Balaban J connectivity index is 2.13. The summed E-state index contributed by atoms with van der Waals surface area (Å²) >= 11 is 0. The Kier molecular flexibility index (Phi) is 6.99. The Labute approximate surface area is 150 Å². The molecular weight excluding hydrogens is 318 g/mol. The maximum Gasteiger partial charge on any atom is 0.287 e. The highest BCUT2D eigenvalue weighted by Crippen LogP contribution is 2.21. The number of nitrogens with zero attached hydrogens (tertiary/aromatic N) is 3. The van der Waals surface area contributed by atoms with Crippen molar-refractivity contribution < 1.29 is 9.59 Å². The quantitative estimate of drug-likeness (QED) is 0.696. The number of imidazole rings is 1. The fourth-order valence-corrected chi connectivity index (χ4v) is 2.97. The molecule has 0 spiro atoms. The molecule has 1 aliphatic heterocycles. The summed E-state index contributed by atoms with van der Waals surface area (Å²) in [5.74, 6) is 0.00426. The summed E-state index contributed by atoms with van der Waals surface area (Å²) in [7, 11) is 4.02. The lowest BCUT2D eigenvalue weighted by Gasteiger charge is -2.18. The molecule has 2 amide bonds. The van der Waals surface area contributed by atoms with Crippen molar-refractivity contribution in [2.24, 2.45) is 0 Å². The van der Waals surface area contributed by atoms with Crippen molar-refractivity contribution in [1.29, 1.82) is 0 Å². The highest BCUT2D eigenvalue weighted by Gasteiger charge is 2.27. The first kappa shape index (κ1) is 19.4. The SMILES string of the molecule is CCC(C)NC(=O)c1nc(C(=O)NCCCN(C)C)c2n1CCCC2. The summed E-state index contributed by atoms with van der Waals surface area (Å²) in [5, 5.41) is 5.89. The molecule has 1 aromatic rings. The summed E-state index contributed by atoms with van der Waals surface area (Å²) < 4.78 is 1.93. The predicted octanol–water partition coefficient (Wildman–Crippen LogP) is 1.43. The number of amides is 2. The zero-order valence-corrected chi connectivity index (χ0v) is 15.9. The van der Waals surface area contributed by atoms with Crippen molar-refractivity contribution in [3.63, 3.8) is 0 Å². The van der Waals surface area contributed by atoms with E-state index in [2.05, 4.69) is 20.5 Å². The van der Waals surface area contributed by atoms with Crippen LogP contribution in [0.25, 0.3) is 0 Å². The second-order valence-electron chi connectivity index (χ2n) is 7.03. The van der Waals surface area contributed by atoms with E-state index in [4.69, 9.17) is 0 Å². The van der Waals surface area contributed by atoms with Gasteiger partial charge in [-0.1, -0.05) is 6.92 Å². The monoisotopic (exact) mass is 349 g/mol. The van der Waals surface area contributed by atoms with Crippen LogP contribution in [0.2, 0.25) is 0 Å². The molecule has 1 aliphatic rings. The molecule has 0 bridgehead atoms. The van der Waals surface area contributed by atoms with Gasteiger partial charge in [0.2, 0.25) is 0 Å². The Hall–Kier alpha value is -1.89. The summed E-state index contributed by atoms with van der Waals surface area (Å²) in [6.07, 6.45) is 4.58. The van der Waals surface area contributed by atoms with Gasteiger partial charge in [0.25, 0.3) is 11.8 Å². The van der Waals surface area contributed by atoms with Crippen LogP contribution >= 0.6 is 0 Å². The Morgan fingerprint density at radius 2 is 2.04 bits per heavy atom. The van der Waals surface area contributed by atoms with Crippen LogP contribution in [0.15, 0.2) is 0 Å². The molecule has 0 radical (unpaired) electrons. The van der Waals surface area contributed by atoms with Gasteiger partial charge >= 0.3 is 0 Å². The van der Waals surface area contributed by atoms with E-state index in [-0.39, 0.29) is 17.9 Å². The van der Waals surface area contributed by atoms with Gasteiger partial charge < -0.3 is 20.1 Å². The van der Waals surface area contributed by atoms with Gasteiger partial charge in [0, 0.05) is 19.1 Å². The second-order valence-corrected chi connectivity index (χ2v) is 7.03. The maximum absolute atomic E-state index is 12.5. The highest BCUT2D eigenvalue weighted by molar-refractivity contribution is 5.97. The Morgan fingerprint density at radius 3 is 2.72 bits per heavy atom. The third-order valence-corrected chi connectivity index (χ3v) is 4.59. The molecular formula is C18H31N5O2. The molecule has 1 aromatic heterocycles. The van der Waals surface area contributed by atoms with Crippen LogP contribution in [0.4, 0.5) is 0 Å². The number of carbonyl (C=O) groups excluding carboxylic acids is 2. The predicted molar refractivity (Wildman–Crippen MR) is 97.9 cm³/mol. The first-order valence-electron chi connectivity index (χ1n) is 9.27. The first-order valence-corrected chi connectivity index (χ1v) is 9.27. The van der Waals surface area contributed by atoms with Crippen molar-refractivity contribution in [1.82, 2.24) is 25.1 Å². The molecule has 1 atom stereocenters. The number of aromatic nitrogens is 2. The topological polar surface area (TPSA) is 79.3 Å². The fraction of sp³-hybridized carbons (Fsp3) is 0.722. The zero-order valence-electron chi connectivity index (χ0n) is 15.9. The summed E-state index contributed by atoms with van der Waals surface area (Å²) in [6.45, 7) is 6.27. The third-order valence-electron chi connectivity index (χ3n) is 4.59. The van der Waals surface area contributed by atoms with Crippen LogP contribution in [-0.2, 0) is 13.0 Å². The highest BCUT2D eigenvalue weighted by atomic mass is 16.2. The molecule has 7 nitrogen and oxygen atoms in total. The number of hydrogen-bond acceptors (Lipinski definition) is 4. The van der Waals surface area contributed by atoms with Crippen molar-refractivity contribution in [3.05, 3.63) is 17.2 Å². The average Bonchev–Trinajstić information content (AvgIpc) is 2.98. The van der Waals surface area contributed by atoms with Crippen molar-refractivity contribution in [2.45, 2.75) is 58.5 Å². The van der Waals surface area contributed by atoms with Crippen molar-refractivity contribution >= 4 is 11.8 Å². The van der Waals surface area contributed by atoms with Crippen LogP contribution in [-0.4, -0.2) is 59.5 Å². The maximum atomic E-state index is 12.5. The van der Waals surface area contributed by atoms with E-state index in [0.29, 0.717) is 18.1 Å². The van der Waals surface area contributed by atoms with E-state index in [1.54, 1.807) is 0 Å². The summed E-state index contributed by atoms with van der Waals surface area (Å²) in [6, 6.07) is 0.0901. The number of rotatable bonds is 8. The lowest BCUT2D eigenvalue weighted by Crippen LogP contribution is -2.34. The molecule has 0 aliphatic carbocycles. The van der Waals surface area contributed by atoms with Crippen LogP contribution in [0.5, 0.6) is 0 Å². The van der Waals surface area contributed by atoms with Crippen molar-refractivity contribution in [3.8, 4) is 0 Å². The Bertz CT molecular complexity index is 609. The molecule has 0 saturated carbocycles. The largest absolute Gasteiger partial charge is 0.351 e. The second kappa shape index (κ2) is 8.99. The number of nitrogens with one attached hydrogen (secondary N) is 2. The van der Waals surface area contributed by atoms with Gasteiger partial charge in [-0.2, -0.15) is 0 Å². The summed E-state index contributed by atoms with van der Waals surface area (Å²) in [4.78, 5) is 31.6. The number of fused-ring (bicyclic) bond motifs is 1. The standard InChI is InChI=1S/C18H31N5O2/c1-5-13(2)20-18(25)16-21-15(14-9-6-7-12-23(14)16)17(24)19-10-8-11-22(3)4/h13H,5-12H2,1-4H3,(H,19,24)(H,20,25). The van der Waals surface area contributed by atoms with E-state index >= 15 is 0 Å². The molecule has 2 rings (SSSR count). The van der Waals surface area contributed by atoms with E-state index in [1.165, 1.54) is 0 Å². The molecule has 0 saturated heterocycles. The van der Waals surface area contributed by atoms with E-state index in [0.717, 1.165) is 50.9 Å². The van der Waals surface area contributed by atoms with Crippen molar-refractivity contribution in [2.75, 3.05) is 27.2 Å². The van der Waals surface area contributed by atoms with E-state index < -0.39 is 0 Å². The lowest BCUT2D eigenvalue weighted by molar-refractivity contribution is 0.0923. The molecule has 1 unspecified atom stereocenters. The summed E-state index contributed by atoms with van der Waals surface area (Å²) in [5.41, 5.74) is 1.31. The van der Waals surface area contributed by atoms with Gasteiger partial charge in [0.15, 0.2) is 5.82 Å². The minimum atomic E-state index is -0.191. The molecule has 140 valence electrons. The third kappa shape index (κ3) is 5.04. The fourth-order valence-electron chi connectivity index (χ4n) is 2.97. The number of carbonyl (C=O) groups is 2. The van der Waals surface area contributed by atoms with Crippen LogP contribution in [0, 0.1) is 0 Å². The van der Waals surface area contributed by atoms with Gasteiger partial charge in [-0.3, -0.25) is 9.59 Å². The Morgan fingerprint density at radius 1 is 1.28 bits per heavy atom. The molecule has 2 N–H and O–H groups in total. The van der Waals surface area contributed by atoms with Crippen LogP contribution in [0.3, 0.4) is 0 Å². The van der Waals surface area contributed by atoms with Crippen LogP contribution < -0.4 is 10.6 Å². The van der Waals surface area contributed by atoms with Gasteiger partial charge in [0.05, 0.1) is 5.69 Å². The van der Waals surface area contributed by atoms with Gasteiger partial charge in [-0.25, -0.2) is 4.98 Å². The van der Waals surface area contributed by atoms with E-state index in [1.807, 2.05) is 32.5 Å². The molecule has 25 heavy (non-hydrogen) atoms. The average molecular weight is 349 g/mol. The minimum Gasteiger partial charge on any atom is -0.351 e. The van der Waals surface area contributed by atoms with E-state index in [9.17, 15) is 9.59 Å². The van der Waals surface area contributed by atoms with Gasteiger partial charge in [-0.15, -0.1) is 0 Å². The minimum absolute atomic E-state index is 0.0901.